The Labute approximate surface area is 79.0 Å². The fourth-order valence-electron chi connectivity index (χ4n) is 2.98. The Morgan fingerprint density at radius 1 is 1.31 bits per heavy atom. The van der Waals surface area contributed by atoms with Crippen LogP contribution in [0.2, 0.25) is 0 Å². The van der Waals surface area contributed by atoms with Crippen LogP contribution in [0.25, 0.3) is 0 Å². The number of piperidine rings is 1. The minimum Gasteiger partial charge on any atom is -0.469 e. The van der Waals surface area contributed by atoms with Gasteiger partial charge in [-0.25, -0.2) is 0 Å². The number of carbonyl (C=O) groups excluding carboxylic acids is 1. The van der Waals surface area contributed by atoms with E-state index in [1.807, 2.05) is 0 Å². The quantitative estimate of drug-likeness (QED) is 0.562. The molecule has 2 aliphatic rings. The molecule has 74 valence electrons. The molecule has 0 radical (unpaired) electrons. The summed E-state index contributed by atoms with van der Waals surface area (Å²) < 4.78 is 4.85. The first-order valence-electron chi connectivity index (χ1n) is 4.98. The molecule has 1 saturated carbocycles. The average molecular weight is 183 g/mol. The molecule has 13 heavy (non-hydrogen) atoms. The molecule has 0 N–H and O–H groups in total. The number of fused-ring (bicyclic) bond motifs is 2. The number of likely N-dealkylation sites (tertiary alicyclic amines) is 1. The van der Waals surface area contributed by atoms with E-state index >= 15 is 0 Å². The van der Waals surface area contributed by atoms with Gasteiger partial charge in [-0.05, 0) is 31.7 Å². The van der Waals surface area contributed by atoms with Crippen molar-refractivity contribution < 1.29 is 9.53 Å². The lowest BCUT2D eigenvalue weighted by molar-refractivity contribution is -0.150. The van der Waals surface area contributed by atoms with E-state index in [4.69, 9.17) is 4.74 Å². The van der Waals surface area contributed by atoms with Gasteiger partial charge < -0.3 is 9.64 Å². The van der Waals surface area contributed by atoms with E-state index in [1.165, 1.54) is 20.0 Å². The highest BCUT2D eigenvalue weighted by Gasteiger charge is 2.45. The Morgan fingerprint density at radius 2 is 1.85 bits per heavy atom. The van der Waals surface area contributed by atoms with Gasteiger partial charge in [-0.3, -0.25) is 4.79 Å². The van der Waals surface area contributed by atoms with Crippen molar-refractivity contribution in [3.63, 3.8) is 0 Å². The molecule has 0 spiro atoms. The largest absolute Gasteiger partial charge is 0.469 e. The highest BCUT2D eigenvalue weighted by atomic mass is 16.5. The molecule has 1 unspecified atom stereocenters. The van der Waals surface area contributed by atoms with E-state index in [0.29, 0.717) is 11.8 Å². The standard InChI is InChI=1S/C10H17NO2/c1-11-5-7-3-4-8(6-11)9(7)10(12)13-2/h7-9H,3-6H2,1-2H3/t7-,8+,9?. The van der Waals surface area contributed by atoms with Gasteiger partial charge in [0, 0.05) is 13.1 Å². The lowest BCUT2D eigenvalue weighted by atomic mass is 9.85. The fraction of sp³-hybridized carbons (Fsp3) is 0.900. The monoisotopic (exact) mass is 183 g/mol. The Morgan fingerprint density at radius 3 is 2.31 bits per heavy atom. The highest BCUT2D eigenvalue weighted by molar-refractivity contribution is 5.73. The summed E-state index contributed by atoms with van der Waals surface area (Å²) in [6.07, 6.45) is 2.41. The molecule has 1 aliphatic carbocycles. The maximum Gasteiger partial charge on any atom is 0.309 e. The van der Waals surface area contributed by atoms with Crippen molar-refractivity contribution in [2.45, 2.75) is 12.8 Å². The first-order valence-corrected chi connectivity index (χ1v) is 4.98. The summed E-state index contributed by atoms with van der Waals surface area (Å²) in [6, 6.07) is 0. The van der Waals surface area contributed by atoms with Gasteiger partial charge in [0.25, 0.3) is 0 Å². The number of ether oxygens (including phenoxy) is 1. The number of methoxy groups -OCH3 is 1. The Hall–Kier alpha value is -0.570. The summed E-state index contributed by atoms with van der Waals surface area (Å²) in [5.41, 5.74) is 0. The highest BCUT2D eigenvalue weighted by Crippen LogP contribution is 2.41. The van der Waals surface area contributed by atoms with Crippen molar-refractivity contribution in [1.82, 2.24) is 4.90 Å². The van der Waals surface area contributed by atoms with Crippen LogP contribution in [0.3, 0.4) is 0 Å². The van der Waals surface area contributed by atoms with Gasteiger partial charge >= 0.3 is 5.97 Å². The van der Waals surface area contributed by atoms with Gasteiger partial charge in [-0.1, -0.05) is 0 Å². The average Bonchev–Trinajstić information content (AvgIpc) is 2.37. The predicted octanol–water partition coefficient (Wildman–Crippen LogP) is 0.747. The number of hydrogen-bond acceptors (Lipinski definition) is 3. The van der Waals surface area contributed by atoms with Crippen LogP contribution >= 0.6 is 0 Å². The SMILES string of the molecule is COC(=O)C1[C@@H]2CC[C@H]1CN(C)C2. The molecule has 1 saturated heterocycles. The first kappa shape index (κ1) is 9.00. The van der Waals surface area contributed by atoms with Crippen LogP contribution in [0.4, 0.5) is 0 Å². The van der Waals surface area contributed by atoms with Crippen LogP contribution in [0.5, 0.6) is 0 Å². The first-order chi connectivity index (χ1) is 6.22. The summed E-state index contributed by atoms with van der Waals surface area (Å²) in [7, 11) is 3.64. The van der Waals surface area contributed by atoms with Gasteiger partial charge in [0.1, 0.15) is 0 Å². The zero-order valence-corrected chi connectivity index (χ0v) is 8.32. The third kappa shape index (κ3) is 1.46. The third-order valence-electron chi connectivity index (χ3n) is 3.49. The second kappa shape index (κ2) is 3.29. The van der Waals surface area contributed by atoms with E-state index in [-0.39, 0.29) is 11.9 Å². The summed E-state index contributed by atoms with van der Waals surface area (Å²) in [4.78, 5) is 13.8. The molecule has 1 aliphatic heterocycles. The third-order valence-corrected chi connectivity index (χ3v) is 3.49. The maximum atomic E-state index is 11.5. The molecule has 2 bridgehead atoms. The summed E-state index contributed by atoms with van der Waals surface area (Å²) in [6.45, 7) is 2.13. The fourth-order valence-corrected chi connectivity index (χ4v) is 2.98. The minimum absolute atomic E-state index is 0.0144. The van der Waals surface area contributed by atoms with Gasteiger partial charge in [0.05, 0.1) is 13.0 Å². The normalized spacial score (nSPS) is 39.1. The van der Waals surface area contributed by atoms with E-state index in [0.717, 1.165) is 13.1 Å². The smallest absolute Gasteiger partial charge is 0.309 e. The van der Waals surface area contributed by atoms with E-state index in [9.17, 15) is 4.79 Å². The molecular formula is C10H17NO2. The van der Waals surface area contributed by atoms with Gasteiger partial charge in [0.15, 0.2) is 0 Å². The zero-order valence-electron chi connectivity index (χ0n) is 8.32. The zero-order chi connectivity index (χ0) is 9.42. The molecule has 0 aromatic carbocycles. The molecule has 3 nitrogen and oxygen atoms in total. The Kier molecular flexibility index (Phi) is 2.28. The Bertz CT molecular complexity index is 203. The van der Waals surface area contributed by atoms with E-state index in [1.54, 1.807) is 0 Å². The number of carbonyl (C=O) groups is 1. The van der Waals surface area contributed by atoms with Crippen LogP contribution in [-0.2, 0) is 9.53 Å². The van der Waals surface area contributed by atoms with Crippen LogP contribution in [0, 0.1) is 17.8 Å². The lowest BCUT2D eigenvalue weighted by Gasteiger charge is -2.34. The van der Waals surface area contributed by atoms with Crippen molar-refractivity contribution in [2.24, 2.45) is 17.8 Å². The molecule has 0 amide bonds. The second-order valence-electron chi connectivity index (χ2n) is 4.37. The van der Waals surface area contributed by atoms with Crippen molar-refractivity contribution in [3.8, 4) is 0 Å². The van der Waals surface area contributed by atoms with E-state index in [2.05, 4.69) is 11.9 Å². The molecular weight excluding hydrogens is 166 g/mol. The molecule has 0 aromatic heterocycles. The number of nitrogens with zero attached hydrogens (tertiary/aromatic N) is 1. The molecule has 1 heterocycles. The van der Waals surface area contributed by atoms with Crippen LogP contribution in [0.15, 0.2) is 0 Å². The molecule has 3 atom stereocenters. The van der Waals surface area contributed by atoms with E-state index < -0.39 is 0 Å². The summed E-state index contributed by atoms with van der Waals surface area (Å²) in [5.74, 6) is 1.31. The summed E-state index contributed by atoms with van der Waals surface area (Å²) >= 11 is 0. The molecule has 2 rings (SSSR count). The summed E-state index contributed by atoms with van der Waals surface area (Å²) in [5, 5.41) is 0. The number of rotatable bonds is 1. The van der Waals surface area contributed by atoms with Crippen LogP contribution < -0.4 is 0 Å². The van der Waals surface area contributed by atoms with Crippen molar-refractivity contribution in [3.05, 3.63) is 0 Å². The lowest BCUT2D eigenvalue weighted by Crippen LogP contribution is -2.43. The van der Waals surface area contributed by atoms with Crippen LogP contribution in [0.1, 0.15) is 12.8 Å². The second-order valence-corrected chi connectivity index (χ2v) is 4.37. The predicted molar refractivity (Wildman–Crippen MR) is 49.2 cm³/mol. The molecule has 3 heteroatoms. The van der Waals surface area contributed by atoms with Gasteiger partial charge in [-0.15, -0.1) is 0 Å². The maximum absolute atomic E-state index is 11.5. The molecule has 0 aromatic rings. The minimum atomic E-state index is 0.0144. The number of hydrogen-bond donors (Lipinski definition) is 0. The van der Waals surface area contributed by atoms with Gasteiger partial charge in [0.2, 0.25) is 0 Å². The van der Waals surface area contributed by atoms with Crippen molar-refractivity contribution >= 4 is 5.97 Å². The van der Waals surface area contributed by atoms with Crippen molar-refractivity contribution in [2.75, 3.05) is 27.2 Å². The van der Waals surface area contributed by atoms with Crippen molar-refractivity contribution in [1.29, 1.82) is 0 Å². The van der Waals surface area contributed by atoms with Gasteiger partial charge in [-0.2, -0.15) is 0 Å². The Balaban J connectivity index is 2.10. The molecule has 2 fully saturated rings. The van der Waals surface area contributed by atoms with Crippen LogP contribution in [-0.4, -0.2) is 38.1 Å². The topological polar surface area (TPSA) is 29.5 Å². The number of esters is 1.